The summed E-state index contributed by atoms with van der Waals surface area (Å²) in [6.07, 6.45) is 3.79. The Bertz CT molecular complexity index is 420. The Balaban J connectivity index is 2.03. The SMILES string of the molecule is COC1CC(Nc2ncc(N)cc2C#N)C1. The van der Waals surface area contributed by atoms with Gasteiger partial charge in [-0.1, -0.05) is 0 Å². The van der Waals surface area contributed by atoms with Gasteiger partial charge in [0.05, 0.1) is 23.6 Å². The van der Waals surface area contributed by atoms with Crippen molar-refractivity contribution < 1.29 is 4.74 Å². The van der Waals surface area contributed by atoms with E-state index in [2.05, 4.69) is 16.4 Å². The van der Waals surface area contributed by atoms with Gasteiger partial charge in [0.15, 0.2) is 0 Å². The summed E-state index contributed by atoms with van der Waals surface area (Å²) in [6.45, 7) is 0. The molecule has 0 bridgehead atoms. The minimum Gasteiger partial charge on any atom is -0.397 e. The molecule has 1 aliphatic rings. The fraction of sp³-hybridized carbons (Fsp3) is 0.455. The number of hydrogen-bond donors (Lipinski definition) is 2. The highest BCUT2D eigenvalue weighted by Crippen LogP contribution is 2.27. The largest absolute Gasteiger partial charge is 0.397 e. The van der Waals surface area contributed by atoms with Crippen molar-refractivity contribution in [1.82, 2.24) is 4.98 Å². The lowest BCUT2D eigenvalue weighted by Gasteiger charge is -2.35. The van der Waals surface area contributed by atoms with E-state index in [1.807, 2.05) is 0 Å². The van der Waals surface area contributed by atoms with Crippen LogP contribution in [0.25, 0.3) is 0 Å². The molecule has 1 aliphatic carbocycles. The molecule has 5 nitrogen and oxygen atoms in total. The smallest absolute Gasteiger partial charge is 0.144 e. The third-order valence-electron chi connectivity index (χ3n) is 2.80. The predicted molar refractivity (Wildman–Crippen MR) is 60.8 cm³/mol. The molecule has 0 atom stereocenters. The van der Waals surface area contributed by atoms with Gasteiger partial charge in [-0.3, -0.25) is 0 Å². The van der Waals surface area contributed by atoms with E-state index in [4.69, 9.17) is 15.7 Å². The van der Waals surface area contributed by atoms with Crippen molar-refractivity contribution in [3.8, 4) is 6.07 Å². The molecule has 84 valence electrons. The van der Waals surface area contributed by atoms with Gasteiger partial charge in [0, 0.05) is 13.2 Å². The molecule has 5 heteroatoms. The van der Waals surface area contributed by atoms with Crippen molar-refractivity contribution in [2.75, 3.05) is 18.2 Å². The van der Waals surface area contributed by atoms with Gasteiger partial charge in [-0.05, 0) is 18.9 Å². The third-order valence-corrected chi connectivity index (χ3v) is 2.80. The zero-order valence-electron chi connectivity index (χ0n) is 9.10. The van der Waals surface area contributed by atoms with E-state index in [1.165, 1.54) is 0 Å². The van der Waals surface area contributed by atoms with Gasteiger partial charge in [-0.25, -0.2) is 4.98 Å². The number of nitriles is 1. The van der Waals surface area contributed by atoms with Crippen molar-refractivity contribution in [2.24, 2.45) is 0 Å². The van der Waals surface area contributed by atoms with Crippen LogP contribution in [0.4, 0.5) is 11.5 Å². The minimum atomic E-state index is 0.330. The Hall–Kier alpha value is -1.80. The van der Waals surface area contributed by atoms with Crippen LogP contribution >= 0.6 is 0 Å². The first-order valence-electron chi connectivity index (χ1n) is 5.18. The lowest BCUT2D eigenvalue weighted by Crippen LogP contribution is -2.40. The van der Waals surface area contributed by atoms with Crippen LogP contribution in [0, 0.1) is 11.3 Å². The topological polar surface area (TPSA) is 84.0 Å². The van der Waals surface area contributed by atoms with E-state index < -0.39 is 0 Å². The summed E-state index contributed by atoms with van der Waals surface area (Å²) in [5.74, 6) is 0.608. The summed E-state index contributed by atoms with van der Waals surface area (Å²) >= 11 is 0. The van der Waals surface area contributed by atoms with Crippen LogP contribution in [0.1, 0.15) is 18.4 Å². The first-order valence-corrected chi connectivity index (χ1v) is 5.18. The highest BCUT2D eigenvalue weighted by Gasteiger charge is 2.29. The van der Waals surface area contributed by atoms with Crippen LogP contribution in [-0.2, 0) is 4.74 Å². The van der Waals surface area contributed by atoms with Crippen LogP contribution < -0.4 is 11.1 Å². The average Bonchev–Trinajstić information content (AvgIpc) is 2.24. The fourth-order valence-electron chi connectivity index (χ4n) is 1.75. The maximum atomic E-state index is 8.93. The Morgan fingerprint density at radius 1 is 1.62 bits per heavy atom. The first kappa shape index (κ1) is 10.7. The second-order valence-corrected chi connectivity index (χ2v) is 3.95. The molecule has 0 amide bonds. The van der Waals surface area contributed by atoms with Crippen LogP contribution in [0.15, 0.2) is 12.3 Å². The number of nitrogens with one attached hydrogen (secondary N) is 1. The molecule has 2 rings (SSSR count). The Labute approximate surface area is 94.2 Å². The summed E-state index contributed by atoms with van der Waals surface area (Å²) in [4.78, 5) is 4.12. The number of aromatic nitrogens is 1. The molecular weight excluding hydrogens is 204 g/mol. The number of nitrogen functional groups attached to an aromatic ring is 1. The molecule has 1 aromatic heterocycles. The molecule has 1 heterocycles. The molecule has 0 spiro atoms. The molecule has 0 unspecified atom stereocenters. The summed E-state index contributed by atoms with van der Waals surface area (Å²) in [6, 6.07) is 4.05. The zero-order valence-corrected chi connectivity index (χ0v) is 9.10. The number of nitrogens with two attached hydrogens (primary N) is 1. The zero-order chi connectivity index (χ0) is 11.5. The average molecular weight is 218 g/mol. The molecule has 1 aromatic rings. The maximum Gasteiger partial charge on any atom is 0.144 e. The maximum absolute atomic E-state index is 8.93. The summed E-state index contributed by atoms with van der Waals surface area (Å²) in [7, 11) is 1.71. The number of hydrogen-bond acceptors (Lipinski definition) is 5. The van der Waals surface area contributed by atoms with E-state index in [1.54, 1.807) is 19.4 Å². The lowest BCUT2D eigenvalue weighted by atomic mass is 9.89. The first-order chi connectivity index (χ1) is 7.72. The molecule has 16 heavy (non-hydrogen) atoms. The number of ether oxygens (including phenoxy) is 1. The number of methoxy groups -OCH3 is 1. The van der Waals surface area contributed by atoms with Crippen molar-refractivity contribution in [2.45, 2.75) is 25.0 Å². The Morgan fingerprint density at radius 3 is 3.00 bits per heavy atom. The van der Waals surface area contributed by atoms with E-state index in [9.17, 15) is 0 Å². The monoisotopic (exact) mass is 218 g/mol. The number of pyridine rings is 1. The van der Waals surface area contributed by atoms with Crippen molar-refractivity contribution in [1.29, 1.82) is 5.26 Å². The number of anilines is 2. The van der Waals surface area contributed by atoms with Crippen molar-refractivity contribution in [3.05, 3.63) is 17.8 Å². The molecular formula is C11H14N4O. The van der Waals surface area contributed by atoms with Gasteiger partial charge in [0.1, 0.15) is 11.9 Å². The second kappa shape index (κ2) is 4.37. The molecule has 1 fully saturated rings. The molecule has 0 radical (unpaired) electrons. The predicted octanol–water partition coefficient (Wildman–Crippen LogP) is 1.12. The van der Waals surface area contributed by atoms with Gasteiger partial charge in [0.25, 0.3) is 0 Å². The second-order valence-electron chi connectivity index (χ2n) is 3.95. The highest BCUT2D eigenvalue weighted by molar-refractivity contribution is 5.57. The van der Waals surface area contributed by atoms with E-state index in [0.29, 0.717) is 29.2 Å². The van der Waals surface area contributed by atoms with Crippen LogP contribution in [-0.4, -0.2) is 24.2 Å². The van der Waals surface area contributed by atoms with Crippen LogP contribution in [0.2, 0.25) is 0 Å². The van der Waals surface area contributed by atoms with Crippen LogP contribution in [0.3, 0.4) is 0 Å². The molecule has 1 saturated carbocycles. The van der Waals surface area contributed by atoms with Gasteiger partial charge in [-0.15, -0.1) is 0 Å². The number of nitrogens with zero attached hydrogens (tertiary/aromatic N) is 2. The normalized spacial score (nSPS) is 23.2. The highest BCUT2D eigenvalue weighted by atomic mass is 16.5. The molecule has 0 saturated heterocycles. The fourth-order valence-corrected chi connectivity index (χ4v) is 1.75. The lowest BCUT2D eigenvalue weighted by molar-refractivity contribution is 0.0328. The number of rotatable bonds is 3. The van der Waals surface area contributed by atoms with Gasteiger partial charge in [0.2, 0.25) is 0 Å². The molecule has 0 aromatic carbocycles. The van der Waals surface area contributed by atoms with Crippen molar-refractivity contribution in [3.63, 3.8) is 0 Å². The minimum absolute atomic E-state index is 0.330. The summed E-state index contributed by atoms with van der Waals surface area (Å²) < 4.78 is 5.18. The van der Waals surface area contributed by atoms with Gasteiger partial charge in [-0.2, -0.15) is 5.26 Å². The van der Waals surface area contributed by atoms with Crippen LogP contribution in [0.5, 0.6) is 0 Å². The quantitative estimate of drug-likeness (QED) is 0.794. The van der Waals surface area contributed by atoms with E-state index >= 15 is 0 Å². The van der Waals surface area contributed by atoms with Crippen molar-refractivity contribution >= 4 is 11.5 Å². The standard InChI is InChI=1S/C11H14N4O/c1-16-10-3-9(4-10)15-11-7(5-12)2-8(13)6-14-11/h2,6,9-10H,3-4,13H2,1H3,(H,14,15). The third kappa shape index (κ3) is 2.07. The molecule has 0 aliphatic heterocycles. The Kier molecular flexibility index (Phi) is 2.93. The summed E-state index contributed by atoms with van der Waals surface area (Å²) in [5.41, 5.74) is 6.55. The van der Waals surface area contributed by atoms with Gasteiger partial charge < -0.3 is 15.8 Å². The summed E-state index contributed by atoms with van der Waals surface area (Å²) in [5, 5.41) is 12.2. The molecule has 3 N–H and O–H groups in total. The van der Waals surface area contributed by atoms with E-state index in [0.717, 1.165) is 12.8 Å². The van der Waals surface area contributed by atoms with Gasteiger partial charge >= 0.3 is 0 Å². The Morgan fingerprint density at radius 2 is 2.38 bits per heavy atom. The van der Waals surface area contributed by atoms with E-state index in [-0.39, 0.29) is 0 Å².